The van der Waals surface area contributed by atoms with E-state index in [-0.39, 0.29) is 5.56 Å². The summed E-state index contributed by atoms with van der Waals surface area (Å²) in [6.45, 7) is 2.00. The van der Waals surface area contributed by atoms with Crippen LogP contribution in [0.15, 0.2) is 59.5 Å². The third-order valence-corrected chi connectivity index (χ3v) is 5.64. The summed E-state index contributed by atoms with van der Waals surface area (Å²) in [5, 5.41) is 1.51. The molecule has 0 saturated carbocycles. The van der Waals surface area contributed by atoms with Crippen molar-refractivity contribution >= 4 is 58.7 Å². The van der Waals surface area contributed by atoms with Gasteiger partial charge in [0, 0.05) is 24.2 Å². The van der Waals surface area contributed by atoms with Gasteiger partial charge in [0.1, 0.15) is 5.65 Å². The molecule has 0 radical (unpaired) electrons. The first-order valence-electron chi connectivity index (χ1n) is 8.73. The Bertz CT molecular complexity index is 1290. The molecular formula is C21H16Cl2N4OS. The van der Waals surface area contributed by atoms with E-state index in [0.717, 1.165) is 11.3 Å². The van der Waals surface area contributed by atoms with Gasteiger partial charge in [-0.1, -0.05) is 54.2 Å². The van der Waals surface area contributed by atoms with Crippen LogP contribution in [0.25, 0.3) is 22.2 Å². The molecule has 0 bridgehead atoms. The Labute approximate surface area is 183 Å². The van der Waals surface area contributed by atoms with E-state index in [0.29, 0.717) is 38.2 Å². The molecule has 0 aliphatic heterocycles. The quantitative estimate of drug-likeness (QED) is 0.419. The van der Waals surface area contributed by atoms with E-state index in [1.54, 1.807) is 41.8 Å². The van der Waals surface area contributed by atoms with Crippen LogP contribution in [0.1, 0.15) is 5.56 Å². The maximum atomic E-state index is 13.0. The number of fused-ring (bicyclic) bond motifs is 1. The number of aromatic nitrogens is 3. The fraction of sp³-hybridized carbons (Fsp3) is 0.0952. The van der Waals surface area contributed by atoms with Crippen molar-refractivity contribution in [3.8, 4) is 11.1 Å². The number of hydrogen-bond acceptors (Lipinski definition) is 5. The Morgan fingerprint density at radius 1 is 1.07 bits per heavy atom. The van der Waals surface area contributed by atoms with Crippen molar-refractivity contribution in [3.63, 3.8) is 0 Å². The van der Waals surface area contributed by atoms with Crippen molar-refractivity contribution in [2.24, 2.45) is 7.05 Å². The van der Waals surface area contributed by atoms with Gasteiger partial charge in [-0.15, -0.1) is 0 Å². The van der Waals surface area contributed by atoms with Gasteiger partial charge in [-0.05, 0) is 42.8 Å². The van der Waals surface area contributed by atoms with Gasteiger partial charge in [0.15, 0.2) is 0 Å². The molecule has 4 rings (SSSR count). The first-order chi connectivity index (χ1) is 13.9. The zero-order valence-electron chi connectivity index (χ0n) is 15.6. The minimum atomic E-state index is -0.251. The molecule has 0 N–H and O–H groups in total. The smallest absolute Gasteiger partial charge is 0.259 e. The van der Waals surface area contributed by atoms with E-state index in [1.807, 2.05) is 31.2 Å². The van der Waals surface area contributed by atoms with Crippen LogP contribution < -0.4 is 9.86 Å². The molecule has 0 spiro atoms. The lowest BCUT2D eigenvalue weighted by Crippen LogP contribution is -2.20. The first-order valence-corrected chi connectivity index (χ1v) is 9.89. The maximum Gasteiger partial charge on any atom is 0.259 e. The molecule has 0 amide bonds. The van der Waals surface area contributed by atoms with E-state index in [9.17, 15) is 4.79 Å². The summed E-state index contributed by atoms with van der Waals surface area (Å²) < 4.78 is 3.04. The van der Waals surface area contributed by atoms with Crippen molar-refractivity contribution in [1.29, 1.82) is 0 Å². The summed E-state index contributed by atoms with van der Waals surface area (Å²) in [5.74, 6) is 0.366. The molecule has 0 aliphatic carbocycles. The summed E-state index contributed by atoms with van der Waals surface area (Å²) in [6, 6.07) is 14.7. The van der Waals surface area contributed by atoms with E-state index >= 15 is 0 Å². The molecule has 4 aromatic rings. The van der Waals surface area contributed by atoms with Crippen LogP contribution in [-0.2, 0) is 7.05 Å². The lowest BCUT2D eigenvalue weighted by molar-refractivity contribution is 0.886. The number of pyridine rings is 1. The van der Waals surface area contributed by atoms with Crippen LogP contribution in [0.3, 0.4) is 0 Å². The van der Waals surface area contributed by atoms with Crippen molar-refractivity contribution < 1.29 is 0 Å². The van der Waals surface area contributed by atoms with Crippen LogP contribution >= 0.6 is 36.0 Å². The van der Waals surface area contributed by atoms with Gasteiger partial charge in [-0.25, -0.2) is 4.98 Å². The minimum Gasteiger partial charge on any atom is -0.295 e. The summed E-state index contributed by atoms with van der Waals surface area (Å²) in [4.78, 5) is 22.0. The highest BCUT2D eigenvalue weighted by Gasteiger charge is 2.17. The molecule has 2 aromatic heterocycles. The van der Waals surface area contributed by atoms with Gasteiger partial charge >= 0.3 is 0 Å². The van der Waals surface area contributed by atoms with Gasteiger partial charge in [0.05, 0.1) is 21.3 Å². The summed E-state index contributed by atoms with van der Waals surface area (Å²) in [7, 11) is 1.66. The van der Waals surface area contributed by atoms with Gasteiger partial charge in [0.2, 0.25) is 5.95 Å². The second kappa shape index (κ2) is 7.71. The molecule has 0 fully saturated rings. The van der Waals surface area contributed by atoms with Gasteiger partial charge in [-0.3, -0.25) is 13.7 Å². The first kappa shape index (κ1) is 19.8. The minimum absolute atomic E-state index is 0.251. The molecule has 0 atom stereocenters. The Morgan fingerprint density at radius 2 is 1.76 bits per heavy atom. The SMILES string of the molecule is Cc1cccc(N(S)c2ncc3cc(-c4c(Cl)cccc4Cl)c(=O)n(C)c3n2)c1. The third-order valence-electron chi connectivity index (χ3n) is 4.60. The fourth-order valence-corrected chi connectivity index (χ4v) is 3.97. The highest BCUT2D eigenvalue weighted by atomic mass is 35.5. The van der Waals surface area contributed by atoms with Crippen LogP contribution in [0.2, 0.25) is 10.0 Å². The predicted molar refractivity (Wildman–Crippen MR) is 123 cm³/mol. The Morgan fingerprint density at radius 3 is 2.45 bits per heavy atom. The molecule has 0 saturated heterocycles. The zero-order valence-corrected chi connectivity index (χ0v) is 18.0. The number of benzene rings is 2. The Kier molecular flexibility index (Phi) is 5.25. The van der Waals surface area contributed by atoms with Crippen molar-refractivity contribution in [3.05, 3.63) is 80.7 Å². The monoisotopic (exact) mass is 442 g/mol. The Hall–Kier alpha value is -2.54. The van der Waals surface area contributed by atoms with Gasteiger partial charge < -0.3 is 0 Å². The largest absolute Gasteiger partial charge is 0.295 e. The predicted octanol–water partition coefficient (Wildman–Crippen LogP) is 5.59. The molecule has 29 heavy (non-hydrogen) atoms. The summed E-state index contributed by atoms with van der Waals surface area (Å²) in [5.41, 5.74) is 3.05. The van der Waals surface area contributed by atoms with Gasteiger partial charge in [-0.2, -0.15) is 4.98 Å². The van der Waals surface area contributed by atoms with Crippen LogP contribution in [0.4, 0.5) is 11.6 Å². The highest BCUT2D eigenvalue weighted by molar-refractivity contribution is 7.82. The van der Waals surface area contributed by atoms with Crippen molar-refractivity contribution in [1.82, 2.24) is 14.5 Å². The number of aryl methyl sites for hydroxylation is 2. The fourth-order valence-electron chi connectivity index (χ4n) is 3.15. The third kappa shape index (κ3) is 3.59. The molecule has 2 aromatic carbocycles. The van der Waals surface area contributed by atoms with Gasteiger partial charge in [0.25, 0.3) is 5.56 Å². The lowest BCUT2D eigenvalue weighted by atomic mass is 10.1. The molecular weight excluding hydrogens is 427 g/mol. The second-order valence-corrected chi connectivity index (χ2v) is 7.83. The summed E-state index contributed by atoms with van der Waals surface area (Å²) in [6.07, 6.45) is 1.66. The van der Waals surface area contributed by atoms with E-state index in [4.69, 9.17) is 23.2 Å². The zero-order chi connectivity index (χ0) is 20.7. The number of nitrogens with zero attached hydrogens (tertiary/aromatic N) is 4. The molecule has 0 unspecified atom stereocenters. The van der Waals surface area contributed by atoms with Crippen LogP contribution in [0.5, 0.6) is 0 Å². The standard InChI is InChI=1S/C21H16Cl2N4OS/c1-12-5-3-6-14(9-12)27(29)21-24-11-13-10-15(20(28)26(2)19(13)25-21)18-16(22)7-4-8-17(18)23/h3-11,29H,1-2H3. The number of hydrogen-bond donors (Lipinski definition) is 1. The van der Waals surface area contributed by atoms with E-state index in [1.165, 1.54) is 4.57 Å². The summed E-state index contributed by atoms with van der Waals surface area (Å²) >= 11 is 17.1. The molecule has 5 nitrogen and oxygen atoms in total. The second-order valence-electron chi connectivity index (χ2n) is 6.62. The number of anilines is 2. The lowest BCUT2D eigenvalue weighted by Gasteiger charge is -2.17. The van der Waals surface area contributed by atoms with E-state index < -0.39 is 0 Å². The normalized spacial score (nSPS) is 11.1. The number of rotatable bonds is 3. The average molecular weight is 443 g/mol. The van der Waals surface area contributed by atoms with Crippen molar-refractivity contribution in [2.75, 3.05) is 4.31 Å². The Balaban J connectivity index is 1.88. The average Bonchev–Trinajstić information content (AvgIpc) is 2.70. The van der Waals surface area contributed by atoms with E-state index in [2.05, 4.69) is 22.8 Å². The highest BCUT2D eigenvalue weighted by Crippen LogP contribution is 2.34. The van der Waals surface area contributed by atoms with Crippen LogP contribution in [0, 0.1) is 6.92 Å². The van der Waals surface area contributed by atoms with Crippen molar-refractivity contribution in [2.45, 2.75) is 6.92 Å². The molecule has 0 aliphatic rings. The molecule has 146 valence electrons. The molecule has 2 heterocycles. The van der Waals surface area contributed by atoms with Crippen LogP contribution in [-0.4, -0.2) is 14.5 Å². The number of halogens is 2. The number of thiol groups is 1. The maximum absolute atomic E-state index is 13.0. The molecule has 8 heteroatoms. The topological polar surface area (TPSA) is 51.0 Å².